The molecule has 2 N–H and O–H groups in total. The number of hydrogen-bond donors (Lipinski definition) is 2. The number of hydrogen-bond acceptors (Lipinski definition) is 5. The van der Waals surface area contributed by atoms with Gasteiger partial charge in [0.2, 0.25) is 0 Å². The smallest absolute Gasteiger partial charge is 0.270 e. The summed E-state index contributed by atoms with van der Waals surface area (Å²) in [7, 11) is 0. The first kappa shape index (κ1) is 14.3. The van der Waals surface area contributed by atoms with Gasteiger partial charge in [0.05, 0.1) is 6.20 Å². The number of carbonyl (C=O) groups excluding carboxylic acids is 1. The fourth-order valence-electron chi connectivity index (χ4n) is 3.99. The first-order valence-corrected chi connectivity index (χ1v) is 8.92. The second-order valence-corrected chi connectivity index (χ2v) is 7.46. The lowest BCUT2D eigenvalue weighted by Crippen LogP contribution is -2.47. The Labute approximate surface area is 140 Å². The molecule has 1 amide bonds. The highest BCUT2D eigenvalue weighted by atomic mass is 16.3. The van der Waals surface area contributed by atoms with Crippen molar-refractivity contribution in [1.82, 2.24) is 15.2 Å². The zero-order valence-corrected chi connectivity index (χ0v) is 13.6. The van der Waals surface area contributed by atoms with Gasteiger partial charge in [-0.15, -0.1) is 0 Å². The monoisotopic (exact) mass is 326 g/mol. The van der Waals surface area contributed by atoms with Crippen molar-refractivity contribution >= 4 is 22.8 Å². The molecule has 3 fully saturated rings. The molecule has 2 aromatic rings. The Hall–Kier alpha value is -2.08. The zero-order valence-electron chi connectivity index (χ0n) is 13.6. The molecule has 5 rings (SSSR count). The molecule has 6 nitrogen and oxygen atoms in total. The molecule has 3 atom stereocenters. The maximum absolute atomic E-state index is 12.5. The summed E-state index contributed by atoms with van der Waals surface area (Å²) in [4.78, 5) is 19.3. The Kier molecular flexibility index (Phi) is 3.26. The molecule has 4 heterocycles. The van der Waals surface area contributed by atoms with Crippen molar-refractivity contribution in [3.8, 4) is 0 Å². The van der Waals surface area contributed by atoms with E-state index in [1.807, 2.05) is 12.1 Å². The number of piperidine rings is 1. The van der Waals surface area contributed by atoms with Crippen LogP contribution in [-0.2, 0) is 0 Å². The van der Waals surface area contributed by atoms with Crippen LogP contribution in [0.1, 0.15) is 36.2 Å². The molecule has 3 aliphatic rings. The lowest BCUT2D eigenvalue weighted by atomic mass is 9.97. The van der Waals surface area contributed by atoms with Gasteiger partial charge in [-0.3, -0.25) is 4.79 Å². The fraction of sp³-hybridized carbons (Fsp3) is 0.556. The first-order chi connectivity index (χ1) is 11.7. The van der Waals surface area contributed by atoms with Crippen LogP contribution in [0.15, 0.2) is 22.7 Å². The second kappa shape index (κ2) is 5.48. The predicted molar refractivity (Wildman–Crippen MR) is 91.1 cm³/mol. The maximum Gasteiger partial charge on any atom is 0.270 e. The molecule has 0 spiro atoms. The number of nitrogens with zero attached hydrogens (tertiary/aromatic N) is 2. The van der Waals surface area contributed by atoms with Crippen molar-refractivity contribution in [2.24, 2.45) is 5.92 Å². The van der Waals surface area contributed by atoms with E-state index in [9.17, 15) is 4.79 Å². The summed E-state index contributed by atoms with van der Waals surface area (Å²) in [5.74, 6) is 1.43. The quantitative estimate of drug-likeness (QED) is 0.901. The number of nitrogens with one attached hydrogen (secondary N) is 2. The number of fused-ring (bicyclic) bond motifs is 3. The fourth-order valence-corrected chi connectivity index (χ4v) is 3.99. The molecular formula is C18H22N4O2. The molecule has 2 aromatic heterocycles. The maximum atomic E-state index is 12.5. The Morgan fingerprint density at radius 2 is 2.12 bits per heavy atom. The van der Waals surface area contributed by atoms with Crippen molar-refractivity contribution in [2.75, 3.05) is 25.0 Å². The summed E-state index contributed by atoms with van der Waals surface area (Å²) in [5.41, 5.74) is 1.19. The largest absolute Gasteiger partial charge is 0.439 e. The van der Waals surface area contributed by atoms with E-state index in [4.69, 9.17) is 4.42 Å². The number of aromatic nitrogens is 1. The van der Waals surface area contributed by atoms with E-state index in [0.717, 1.165) is 35.7 Å². The van der Waals surface area contributed by atoms with Crippen LogP contribution < -0.4 is 10.6 Å². The second-order valence-electron chi connectivity index (χ2n) is 7.46. The van der Waals surface area contributed by atoms with Crippen LogP contribution in [-0.4, -0.2) is 47.5 Å². The molecule has 1 aliphatic carbocycles. The summed E-state index contributed by atoms with van der Waals surface area (Å²) in [6, 6.07) is 4.56. The van der Waals surface area contributed by atoms with Gasteiger partial charge in [0.15, 0.2) is 11.5 Å². The predicted octanol–water partition coefficient (Wildman–Crippen LogP) is 2.23. The topological polar surface area (TPSA) is 70.4 Å². The van der Waals surface area contributed by atoms with E-state index in [0.29, 0.717) is 11.7 Å². The van der Waals surface area contributed by atoms with E-state index in [1.54, 1.807) is 6.20 Å². The summed E-state index contributed by atoms with van der Waals surface area (Å²) in [5, 5.41) is 7.42. The van der Waals surface area contributed by atoms with Gasteiger partial charge in [-0.05, 0) is 44.2 Å². The molecule has 3 unspecified atom stereocenters. The van der Waals surface area contributed by atoms with Crippen molar-refractivity contribution in [3.05, 3.63) is 24.0 Å². The highest BCUT2D eigenvalue weighted by Crippen LogP contribution is 2.29. The Bertz CT molecular complexity index is 770. The lowest BCUT2D eigenvalue weighted by Gasteiger charge is -2.30. The minimum Gasteiger partial charge on any atom is -0.439 e. The average molecular weight is 326 g/mol. The van der Waals surface area contributed by atoms with Crippen molar-refractivity contribution in [1.29, 1.82) is 0 Å². The highest BCUT2D eigenvalue weighted by Gasteiger charge is 2.33. The Morgan fingerprint density at radius 1 is 1.21 bits per heavy atom. The zero-order chi connectivity index (χ0) is 16.1. The number of rotatable bonds is 4. The van der Waals surface area contributed by atoms with Gasteiger partial charge in [-0.1, -0.05) is 0 Å². The van der Waals surface area contributed by atoms with Crippen LogP contribution >= 0.6 is 0 Å². The minimum atomic E-state index is -0.0812. The van der Waals surface area contributed by atoms with Crippen LogP contribution in [0.3, 0.4) is 0 Å². The third kappa shape index (κ3) is 2.75. The molecule has 2 aliphatic heterocycles. The van der Waals surface area contributed by atoms with Crippen LogP contribution in [0.25, 0.3) is 11.0 Å². The van der Waals surface area contributed by atoms with E-state index < -0.39 is 0 Å². The highest BCUT2D eigenvalue weighted by molar-refractivity contribution is 5.96. The van der Waals surface area contributed by atoms with Crippen molar-refractivity contribution in [3.63, 3.8) is 0 Å². The van der Waals surface area contributed by atoms with Gasteiger partial charge in [0.1, 0.15) is 5.69 Å². The Balaban J connectivity index is 1.30. The minimum absolute atomic E-state index is 0.0812. The van der Waals surface area contributed by atoms with Gasteiger partial charge in [-0.2, -0.15) is 0 Å². The van der Waals surface area contributed by atoms with E-state index in [1.165, 1.54) is 32.4 Å². The SMILES string of the molecule is O=C(NC1CC2CCN(C2)C1)c1cc2cc(NC3CC3)oc2cn1. The average Bonchev–Trinajstić information content (AvgIpc) is 3.18. The number of furan rings is 1. The number of carbonyl (C=O) groups is 1. The standard InChI is InChI=1S/C18H22N4O2/c23-18(21-14-5-11-3-4-22(9-11)10-14)15-6-12-7-17(20-13-1-2-13)24-16(12)8-19-15/h6-8,11,13-14,20H,1-5,9-10H2,(H,21,23). The van der Waals surface area contributed by atoms with Gasteiger partial charge >= 0.3 is 0 Å². The summed E-state index contributed by atoms with van der Waals surface area (Å²) in [6.07, 6.45) is 6.40. The normalized spacial score (nSPS) is 28.9. The molecule has 0 aromatic carbocycles. The van der Waals surface area contributed by atoms with Crippen molar-refractivity contribution < 1.29 is 9.21 Å². The molecule has 1 saturated carbocycles. The first-order valence-electron chi connectivity index (χ1n) is 8.92. The molecule has 2 saturated heterocycles. The van der Waals surface area contributed by atoms with Gasteiger partial charge < -0.3 is 20.0 Å². The Morgan fingerprint density at radius 3 is 2.96 bits per heavy atom. The summed E-state index contributed by atoms with van der Waals surface area (Å²) in [6.45, 7) is 3.33. The lowest BCUT2D eigenvalue weighted by molar-refractivity contribution is 0.0904. The molecule has 2 bridgehead atoms. The third-order valence-corrected chi connectivity index (χ3v) is 5.36. The van der Waals surface area contributed by atoms with E-state index in [-0.39, 0.29) is 11.9 Å². The van der Waals surface area contributed by atoms with Gasteiger partial charge in [-0.25, -0.2) is 4.98 Å². The van der Waals surface area contributed by atoms with Crippen LogP contribution in [0, 0.1) is 5.92 Å². The number of amides is 1. The van der Waals surface area contributed by atoms with Gasteiger partial charge in [0, 0.05) is 36.6 Å². The van der Waals surface area contributed by atoms with E-state index >= 15 is 0 Å². The van der Waals surface area contributed by atoms with Crippen LogP contribution in [0.4, 0.5) is 5.88 Å². The number of anilines is 1. The molecule has 24 heavy (non-hydrogen) atoms. The van der Waals surface area contributed by atoms with Crippen molar-refractivity contribution in [2.45, 2.75) is 37.8 Å². The third-order valence-electron chi connectivity index (χ3n) is 5.36. The summed E-state index contributed by atoms with van der Waals surface area (Å²) < 4.78 is 5.73. The molecular weight excluding hydrogens is 304 g/mol. The molecule has 0 radical (unpaired) electrons. The van der Waals surface area contributed by atoms with E-state index in [2.05, 4.69) is 20.5 Å². The van der Waals surface area contributed by atoms with Gasteiger partial charge in [0.25, 0.3) is 5.91 Å². The molecule has 126 valence electrons. The van der Waals surface area contributed by atoms with Crippen LogP contribution in [0.5, 0.6) is 0 Å². The molecule has 6 heteroatoms. The number of pyridine rings is 1. The summed E-state index contributed by atoms with van der Waals surface area (Å²) >= 11 is 0. The van der Waals surface area contributed by atoms with Crippen LogP contribution in [0.2, 0.25) is 0 Å².